The number of benzene rings is 2. The highest BCUT2D eigenvalue weighted by molar-refractivity contribution is 6.11. The molecule has 1 fully saturated rings. The molecule has 0 radical (unpaired) electrons. The number of nitrogens with one attached hydrogen (secondary N) is 1. The molecule has 1 N–H and O–H groups in total. The lowest BCUT2D eigenvalue weighted by atomic mass is 10.0. The molecule has 5 rings (SSSR count). The number of anilines is 1. The number of pyridine rings is 1. The van der Waals surface area contributed by atoms with Crippen molar-refractivity contribution in [2.45, 2.75) is 12.8 Å². The van der Waals surface area contributed by atoms with Crippen LogP contribution in [0.2, 0.25) is 0 Å². The number of amides is 1. The second-order valence-electron chi connectivity index (χ2n) is 7.61. The normalized spacial score (nSPS) is 13.5. The predicted octanol–water partition coefficient (Wildman–Crippen LogP) is 4.64. The van der Waals surface area contributed by atoms with E-state index in [-0.39, 0.29) is 17.6 Å². The molecule has 0 unspecified atom stereocenters. The van der Waals surface area contributed by atoms with Gasteiger partial charge < -0.3 is 5.32 Å². The van der Waals surface area contributed by atoms with E-state index >= 15 is 0 Å². The molecular weight excluding hydrogens is 388 g/mol. The van der Waals surface area contributed by atoms with Crippen LogP contribution < -0.4 is 5.32 Å². The lowest BCUT2D eigenvalue weighted by Gasteiger charge is -2.07. The highest BCUT2D eigenvalue weighted by Crippen LogP contribution is 2.30. The van der Waals surface area contributed by atoms with E-state index in [0.29, 0.717) is 16.8 Å². The number of rotatable bonds is 6. The first-order valence-electron chi connectivity index (χ1n) is 10.2. The van der Waals surface area contributed by atoms with Gasteiger partial charge in [-0.05, 0) is 49.2 Å². The zero-order valence-electron chi connectivity index (χ0n) is 16.7. The van der Waals surface area contributed by atoms with Crippen LogP contribution in [0.25, 0.3) is 23.2 Å². The molecule has 6 nitrogen and oxygen atoms in total. The molecule has 2 aromatic carbocycles. The van der Waals surface area contributed by atoms with E-state index in [1.54, 1.807) is 47.4 Å². The van der Waals surface area contributed by atoms with Gasteiger partial charge in [-0.2, -0.15) is 5.10 Å². The molecule has 2 aromatic heterocycles. The summed E-state index contributed by atoms with van der Waals surface area (Å²) in [5, 5.41) is 8.23. The lowest BCUT2D eigenvalue weighted by molar-refractivity contribution is -0.117. The average molecular weight is 408 g/mol. The van der Waals surface area contributed by atoms with Crippen LogP contribution in [0.1, 0.15) is 34.5 Å². The Kier molecular flexibility index (Phi) is 4.88. The number of carbonyl (C=O) groups is 2. The van der Waals surface area contributed by atoms with Crippen LogP contribution in [0.3, 0.4) is 0 Å². The Hall–Kier alpha value is -4.06. The lowest BCUT2D eigenvalue weighted by Crippen LogP contribution is -2.13. The first-order valence-corrected chi connectivity index (χ1v) is 10.2. The van der Waals surface area contributed by atoms with Crippen LogP contribution in [0.4, 0.5) is 5.69 Å². The molecule has 0 atom stereocenters. The minimum Gasteiger partial charge on any atom is -0.326 e. The van der Waals surface area contributed by atoms with Crippen LogP contribution in [-0.2, 0) is 4.79 Å². The first kappa shape index (κ1) is 18.9. The fraction of sp³-hybridized carbons (Fsp3) is 0.120. The SMILES string of the molecule is O=C(c1cccc(NC(=O)C2CC2)c1)c1ccc2cnn(C=Cc3ccccn3)c2c1. The monoisotopic (exact) mass is 408 g/mol. The minimum atomic E-state index is -0.106. The molecular formula is C25H20N4O2. The van der Waals surface area contributed by atoms with Gasteiger partial charge in [0.2, 0.25) is 5.91 Å². The largest absolute Gasteiger partial charge is 0.326 e. The fourth-order valence-electron chi connectivity index (χ4n) is 3.41. The van der Waals surface area contributed by atoms with Crippen molar-refractivity contribution in [1.82, 2.24) is 14.8 Å². The number of ketones is 1. The number of hydrogen-bond donors (Lipinski definition) is 1. The molecule has 0 saturated heterocycles. The van der Waals surface area contributed by atoms with E-state index in [1.807, 2.05) is 42.6 Å². The highest BCUT2D eigenvalue weighted by Gasteiger charge is 2.29. The molecule has 31 heavy (non-hydrogen) atoms. The van der Waals surface area contributed by atoms with Gasteiger partial charge in [0, 0.05) is 40.5 Å². The number of nitrogens with zero attached hydrogens (tertiary/aromatic N) is 3. The number of carbonyl (C=O) groups excluding carboxylic acids is 2. The first-order chi connectivity index (χ1) is 15.2. The van der Waals surface area contributed by atoms with Crippen molar-refractivity contribution in [3.8, 4) is 0 Å². The standard InChI is InChI=1S/C25H20N4O2/c30-24(18-4-3-6-22(14-18)28-25(31)17-7-8-17)19-9-10-20-16-27-29(23(20)15-19)13-11-21-5-1-2-12-26-21/h1-6,9-17H,7-8H2,(H,28,31). The van der Waals surface area contributed by atoms with E-state index in [0.717, 1.165) is 29.4 Å². The second-order valence-corrected chi connectivity index (χ2v) is 7.61. The molecule has 1 amide bonds. The van der Waals surface area contributed by atoms with Crippen LogP contribution in [0.15, 0.2) is 73.1 Å². The van der Waals surface area contributed by atoms with Gasteiger partial charge in [0.1, 0.15) is 0 Å². The molecule has 1 aliphatic rings. The zero-order valence-corrected chi connectivity index (χ0v) is 16.7. The Morgan fingerprint density at radius 3 is 2.68 bits per heavy atom. The van der Waals surface area contributed by atoms with E-state index in [9.17, 15) is 9.59 Å². The van der Waals surface area contributed by atoms with E-state index in [4.69, 9.17) is 0 Å². The Balaban J connectivity index is 1.41. The summed E-state index contributed by atoms with van der Waals surface area (Å²) >= 11 is 0. The average Bonchev–Trinajstić information content (AvgIpc) is 3.59. The van der Waals surface area contributed by atoms with E-state index in [2.05, 4.69) is 15.4 Å². The van der Waals surface area contributed by atoms with Gasteiger partial charge in [0.15, 0.2) is 5.78 Å². The number of aromatic nitrogens is 3. The molecule has 2 heterocycles. The van der Waals surface area contributed by atoms with Crippen molar-refractivity contribution in [3.05, 3.63) is 89.9 Å². The third-order valence-corrected chi connectivity index (χ3v) is 5.28. The summed E-state index contributed by atoms with van der Waals surface area (Å²) in [6.45, 7) is 0. The molecule has 0 spiro atoms. The van der Waals surface area contributed by atoms with Crippen molar-refractivity contribution < 1.29 is 9.59 Å². The topological polar surface area (TPSA) is 76.9 Å². The smallest absolute Gasteiger partial charge is 0.227 e. The van der Waals surface area contributed by atoms with Gasteiger partial charge in [-0.3, -0.25) is 14.6 Å². The van der Waals surface area contributed by atoms with Crippen molar-refractivity contribution in [2.75, 3.05) is 5.32 Å². The second kappa shape index (κ2) is 7.99. The maximum atomic E-state index is 13.1. The van der Waals surface area contributed by atoms with Gasteiger partial charge in [0.25, 0.3) is 0 Å². The third kappa shape index (κ3) is 4.14. The van der Waals surface area contributed by atoms with Gasteiger partial charge in [0.05, 0.1) is 17.4 Å². The molecule has 152 valence electrons. The van der Waals surface area contributed by atoms with Gasteiger partial charge in [-0.1, -0.05) is 30.3 Å². The highest BCUT2D eigenvalue weighted by atomic mass is 16.2. The zero-order chi connectivity index (χ0) is 21.2. The Bertz CT molecular complexity index is 1300. The van der Waals surface area contributed by atoms with E-state index < -0.39 is 0 Å². The predicted molar refractivity (Wildman–Crippen MR) is 120 cm³/mol. The van der Waals surface area contributed by atoms with Crippen LogP contribution in [-0.4, -0.2) is 26.5 Å². The summed E-state index contributed by atoms with van der Waals surface area (Å²) in [6.07, 6.45) is 9.07. The summed E-state index contributed by atoms with van der Waals surface area (Å²) in [7, 11) is 0. The van der Waals surface area contributed by atoms with Crippen molar-refractivity contribution >= 4 is 40.6 Å². The summed E-state index contributed by atoms with van der Waals surface area (Å²) in [5.41, 5.74) is 3.39. The molecule has 6 heteroatoms. The summed E-state index contributed by atoms with van der Waals surface area (Å²) in [5.74, 6) is 0.0293. The number of fused-ring (bicyclic) bond motifs is 1. The number of hydrogen-bond acceptors (Lipinski definition) is 4. The van der Waals surface area contributed by atoms with Crippen LogP contribution in [0.5, 0.6) is 0 Å². The van der Waals surface area contributed by atoms with Crippen molar-refractivity contribution in [2.24, 2.45) is 5.92 Å². The molecule has 0 bridgehead atoms. The third-order valence-electron chi connectivity index (χ3n) is 5.28. The quantitative estimate of drug-likeness (QED) is 0.472. The fourth-order valence-corrected chi connectivity index (χ4v) is 3.41. The van der Waals surface area contributed by atoms with Crippen LogP contribution in [0, 0.1) is 5.92 Å². The van der Waals surface area contributed by atoms with Gasteiger partial charge >= 0.3 is 0 Å². The Morgan fingerprint density at radius 2 is 1.87 bits per heavy atom. The minimum absolute atomic E-state index is 0.0228. The molecule has 4 aromatic rings. The summed E-state index contributed by atoms with van der Waals surface area (Å²) in [6, 6.07) is 18.3. The molecule has 0 aliphatic heterocycles. The van der Waals surface area contributed by atoms with Crippen molar-refractivity contribution in [3.63, 3.8) is 0 Å². The van der Waals surface area contributed by atoms with Gasteiger partial charge in [-0.25, -0.2) is 4.68 Å². The maximum Gasteiger partial charge on any atom is 0.227 e. The summed E-state index contributed by atoms with van der Waals surface area (Å²) < 4.78 is 1.73. The molecule has 1 aliphatic carbocycles. The van der Waals surface area contributed by atoms with Crippen LogP contribution >= 0.6 is 0 Å². The Labute approximate surface area is 179 Å². The molecule has 1 saturated carbocycles. The van der Waals surface area contributed by atoms with E-state index in [1.165, 1.54) is 0 Å². The maximum absolute atomic E-state index is 13.1. The van der Waals surface area contributed by atoms with Gasteiger partial charge in [-0.15, -0.1) is 0 Å². The summed E-state index contributed by atoms with van der Waals surface area (Å²) in [4.78, 5) is 29.4. The van der Waals surface area contributed by atoms with Crippen molar-refractivity contribution in [1.29, 1.82) is 0 Å². The Morgan fingerprint density at radius 1 is 1.00 bits per heavy atom.